The van der Waals surface area contributed by atoms with Crippen LogP contribution in [0.4, 0.5) is 0 Å². The van der Waals surface area contributed by atoms with Gasteiger partial charge in [0.05, 0.1) is 25.6 Å². The molecular formula is C25H29ClN4O4. The van der Waals surface area contributed by atoms with Gasteiger partial charge in [-0.25, -0.2) is 0 Å². The third kappa shape index (κ3) is 6.48. The van der Waals surface area contributed by atoms with E-state index in [-0.39, 0.29) is 17.9 Å². The van der Waals surface area contributed by atoms with Crippen molar-refractivity contribution in [2.45, 2.75) is 32.4 Å². The minimum atomic E-state index is -0.108. The van der Waals surface area contributed by atoms with Crippen LogP contribution >= 0.6 is 11.6 Å². The maximum atomic E-state index is 12.8. The fraction of sp³-hybridized carbons (Fsp3) is 0.400. The van der Waals surface area contributed by atoms with Gasteiger partial charge in [0.1, 0.15) is 18.1 Å². The Labute approximate surface area is 204 Å². The molecule has 9 heteroatoms. The van der Waals surface area contributed by atoms with Crippen molar-refractivity contribution in [1.29, 1.82) is 0 Å². The number of hydrogen-bond donors (Lipinski definition) is 1. The van der Waals surface area contributed by atoms with Gasteiger partial charge in [0, 0.05) is 17.1 Å². The maximum absolute atomic E-state index is 12.8. The maximum Gasteiger partial charge on any atom is 0.241 e. The summed E-state index contributed by atoms with van der Waals surface area (Å²) in [5, 5.41) is 7.81. The van der Waals surface area contributed by atoms with Gasteiger partial charge in [-0.15, -0.1) is 0 Å². The highest BCUT2D eigenvalue weighted by Gasteiger charge is 2.27. The summed E-state index contributed by atoms with van der Waals surface area (Å²) < 4.78 is 16.4. The molecule has 3 aromatic rings. The van der Waals surface area contributed by atoms with E-state index in [0.29, 0.717) is 36.4 Å². The van der Waals surface area contributed by atoms with Crippen LogP contribution in [-0.2, 0) is 11.3 Å². The highest BCUT2D eigenvalue weighted by Crippen LogP contribution is 2.22. The molecule has 1 amide bonds. The summed E-state index contributed by atoms with van der Waals surface area (Å²) in [7, 11) is 1.63. The zero-order valence-corrected chi connectivity index (χ0v) is 20.1. The lowest BCUT2D eigenvalue weighted by Gasteiger charge is -2.31. The van der Waals surface area contributed by atoms with Gasteiger partial charge in [0.2, 0.25) is 17.6 Å². The number of rotatable bonds is 9. The molecule has 0 saturated carbocycles. The number of amides is 1. The smallest absolute Gasteiger partial charge is 0.241 e. The van der Waals surface area contributed by atoms with Crippen molar-refractivity contribution < 1.29 is 18.8 Å². The number of aromatic nitrogens is 2. The van der Waals surface area contributed by atoms with Gasteiger partial charge in [-0.2, -0.15) is 4.98 Å². The van der Waals surface area contributed by atoms with Crippen molar-refractivity contribution in [2.24, 2.45) is 5.92 Å². The zero-order valence-electron chi connectivity index (χ0n) is 19.4. The summed E-state index contributed by atoms with van der Waals surface area (Å²) in [5.41, 5.74) is 0.848. The Morgan fingerprint density at radius 2 is 1.94 bits per heavy atom. The summed E-state index contributed by atoms with van der Waals surface area (Å²) in [6, 6.07) is 14.6. The van der Waals surface area contributed by atoms with E-state index in [2.05, 4.69) is 20.4 Å². The predicted octanol–water partition coefficient (Wildman–Crippen LogP) is 4.19. The Morgan fingerprint density at radius 1 is 1.21 bits per heavy atom. The van der Waals surface area contributed by atoms with Crippen LogP contribution in [0.2, 0.25) is 5.02 Å². The number of nitrogens with one attached hydrogen (secondary N) is 1. The molecule has 1 aliphatic rings. The number of likely N-dealkylation sites (tertiary alicyclic amines) is 1. The van der Waals surface area contributed by atoms with Crippen molar-refractivity contribution in [3.05, 3.63) is 59.4 Å². The average molecular weight is 485 g/mol. The van der Waals surface area contributed by atoms with Gasteiger partial charge in [-0.1, -0.05) is 16.8 Å². The number of ether oxygens (including phenoxy) is 2. The van der Waals surface area contributed by atoms with Crippen LogP contribution in [-0.4, -0.2) is 53.8 Å². The molecule has 4 rings (SSSR count). The lowest BCUT2D eigenvalue weighted by molar-refractivity contribution is -0.127. The molecule has 2 unspecified atom stereocenters. The van der Waals surface area contributed by atoms with Crippen LogP contribution in [0.5, 0.6) is 11.5 Å². The van der Waals surface area contributed by atoms with E-state index >= 15 is 0 Å². The Morgan fingerprint density at radius 3 is 2.68 bits per heavy atom. The second-order valence-electron chi connectivity index (χ2n) is 8.49. The van der Waals surface area contributed by atoms with Crippen LogP contribution in [0.3, 0.4) is 0 Å². The molecule has 8 nitrogen and oxygen atoms in total. The number of methoxy groups -OCH3 is 1. The van der Waals surface area contributed by atoms with Gasteiger partial charge in [-0.05, 0) is 74.8 Å². The molecule has 0 bridgehead atoms. The van der Waals surface area contributed by atoms with Crippen molar-refractivity contribution in [3.63, 3.8) is 0 Å². The fourth-order valence-electron chi connectivity index (χ4n) is 3.94. The third-order valence-corrected chi connectivity index (χ3v) is 6.01. The Kier molecular flexibility index (Phi) is 8.03. The zero-order chi connectivity index (χ0) is 23.9. The normalized spacial score (nSPS) is 17.2. The molecule has 1 aromatic heterocycles. The predicted molar refractivity (Wildman–Crippen MR) is 129 cm³/mol. The number of carbonyl (C=O) groups excluding carboxylic acids is 1. The van der Waals surface area contributed by atoms with Gasteiger partial charge in [-0.3, -0.25) is 9.69 Å². The van der Waals surface area contributed by atoms with E-state index in [9.17, 15) is 4.79 Å². The van der Waals surface area contributed by atoms with Crippen LogP contribution in [0.1, 0.15) is 25.7 Å². The first-order chi connectivity index (χ1) is 16.5. The molecule has 2 heterocycles. The molecule has 1 N–H and O–H groups in total. The largest absolute Gasteiger partial charge is 0.497 e. The molecular weight excluding hydrogens is 456 g/mol. The monoisotopic (exact) mass is 484 g/mol. The second kappa shape index (κ2) is 11.4. The van der Waals surface area contributed by atoms with Crippen molar-refractivity contribution >= 4 is 17.5 Å². The summed E-state index contributed by atoms with van der Waals surface area (Å²) >= 11 is 5.94. The van der Waals surface area contributed by atoms with E-state index in [1.165, 1.54) is 0 Å². The lowest BCUT2D eigenvalue weighted by Crippen LogP contribution is -2.46. The van der Waals surface area contributed by atoms with E-state index < -0.39 is 0 Å². The number of halogens is 1. The highest BCUT2D eigenvalue weighted by molar-refractivity contribution is 6.30. The van der Waals surface area contributed by atoms with E-state index in [4.69, 9.17) is 25.6 Å². The molecule has 0 aliphatic carbocycles. The number of hydrogen-bond acceptors (Lipinski definition) is 7. The number of benzene rings is 2. The first kappa shape index (κ1) is 24.0. The number of carbonyl (C=O) groups is 1. The van der Waals surface area contributed by atoms with E-state index in [0.717, 1.165) is 36.4 Å². The number of piperidine rings is 1. The Bertz CT molecular complexity index is 1070. The summed E-state index contributed by atoms with van der Waals surface area (Å²) in [5.74, 6) is 2.54. The SMILES string of the molecule is COc1ccc(OCC(C)NC(=O)C2CCCN(Cc3nc(-c4ccc(Cl)cc4)no3)C2)cc1. The van der Waals surface area contributed by atoms with Crippen molar-refractivity contribution in [1.82, 2.24) is 20.4 Å². The third-order valence-electron chi connectivity index (χ3n) is 5.75. The van der Waals surface area contributed by atoms with Crippen LogP contribution in [0.25, 0.3) is 11.4 Å². The van der Waals surface area contributed by atoms with Gasteiger partial charge >= 0.3 is 0 Å². The molecule has 1 fully saturated rings. The standard InChI is InChI=1S/C25H29ClN4O4/c1-17(16-33-22-11-9-21(32-2)10-12-22)27-25(31)19-4-3-13-30(14-19)15-23-28-24(29-34-23)18-5-7-20(26)8-6-18/h5-12,17,19H,3-4,13-16H2,1-2H3,(H,27,31). The molecule has 0 spiro atoms. The van der Waals surface area contributed by atoms with Gasteiger partial charge in [0.25, 0.3) is 0 Å². The van der Waals surface area contributed by atoms with Crippen molar-refractivity contribution in [3.8, 4) is 22.9 Å². The van der Waals surface area contributed by atoms with E-state index in [1.54, 1.807) is 19.2 Å². The molecule has 2 atom stereocenters. The summed E-state index contributed by atoms with van der Waals surface area (Å²) in [6.07, 6.45) is 1.79. The Balaban J connectivity index is 1.25. The first-order valence-corrected chi connectivity index (χ1v) is 11.8. The molecule has 180 valence electrons. The van der Waals surface area contributed by atoms with Gasteiger partial charge < -0.3 is 19.3 Å². The van der Waals surface area contributed by atoms with Crippen LogP contribution < -0.4 is 14.8 Å². The average Bonchev–Trinajstić information content (AvgIpc) is 3.32. The fourth-order valence-corrected chi connectivity index (χ4v) is 4.06. The van der Waals surface area contributed by atoms with Crippen LogP contribution in [0, 0.1) is 5.92 Å². The topological polar surface area (TPSA) is 89.7 Å². The first-order valence-electron chi connectivity index (χ1n) is 11.4. The second-order valence-corrected chi connectivity index (χ2v) is 8.93. The Hall–Kier alpha value is -3.10. The molecule has 1 saturated heterocycles. The van der Waals surface area contributed by atoms with Crippen molar-refractivity contribution in [2.75, 3.05) is 26.8 Å². The minimum absolute atomic E-state index is 0.0444. The minimum Gasteiger partial charge on any atom is -0.497 e. The van der Waals surface area contributed by atoms with E-state index in [1.807, 2.05) is 43.3 Å². The summed E-state index contributed by atoms with van der Waals surface area (Å²) in [4.78, 5) is 19.5. The molecule has 0 radical (unpaired) electrons. The number of nitrogens with zero attached hydrogens (tertiary/aromatic N) is 3. The molecule has 1 aliphatic heterocycles. The lowest BCUT2D eigenvalue weighted by atomic mass is 9.97. The summed E-state index contributed by atoms with van der Waals surface area (Å²) in [6.45, 7) is 4.39. The molecule has 2 aromatic carbocycles. The molecule has 34 heavy (non-hydrogen) atoms. The van der Waals surface area contributed by atoms with Gasteiger partial charge in [0.15, 0.2) is 0 Å². The highest BCUT2D eigenvalue weighted by atomic mass is 35.5. The quantitative estimate of drug-likeness (QED) is 0.487. The van der Waals surface area contributed by atoms with Crippen LogP contribution in [0.15, 0.2) is 53.1 Å².